The molecule has 178 valence electrons. The zero-order valence-corrected chi connectivity index (χ0v) is 19.5. The number of amides is 3. The van der Waals surface area contributed by atoms with Gasteiger partial charge in [-0.1, -0.05) is 0 Å². The van der Waals surface area contributed by atoms with E-state index in [-0.39, 0.29) is 30.3 Å². The molecule has 2 aromatic rings. The van der Waals surface area contributed by atoms with E-state index >= 15 is 0 Å². The molecule has 3 heterocycles. The van der Waals surface area contributed by atoms with Gasteiger partial charge in [-0.25, -0.2) is 0 Å². The Labute approximate surface area is 199 Å². The Kier molecular flexibility index (Phi) is 6.13. The second-order valence-electron chi connectivity index (χ2n) is 9.11. The van der Waals surface area contributed by atoms with Crippen LogP contribution in [0.5, 0.6) is 5.75 Å². The smallest absolute Gasteiger partial charge is 0.253 e. The number of anilines is 3. The van der Waals surface area contributed by atoms with E-state index in [1.165, 1.54) is 0 Å². The van der Waals surface area contributed by atoms with Crippen LogP contribution >= 0.6 is 0 Å². The third-order valence-electron chi connectivity index (χ3n) is 6.95. The van der Waals surface area contributed by atoms with Crippen LogP contribution in [-0.2, 0) is 9.59 Å². The molecule has 3 aliphatic rings. The van der Waals surface area contributed by atoms with E-state index in [0.29, 0.717) is 22.7 Å². The minimum atomic E-state index is -0.287. The maximum atomic E-state index is 13.5. The first kappa shape index (κ1) is 22.3. The summed E-state index contributed by atoms with van der Waals surface area (Å²) in [4.78, 5) is 45.1. The van der Waals surface area contributed by atoms with E-state index in [1.54, 1.807) is 42.3 Å². The number of fused-ring (bicyclic) bond motifs is 3. The molecular formula is C26H30N4O4. The van der Waals surface area contributed by atoms with Gasteiger partial charge in [-0.2, -0.15) is 0 Å². The summed E-state index contributed by atoms with van der Waals surface area (Å²) in [6.45, 7) is 2.21. The summed E-state index contributed by atoms with van der Waals surface area (Å²) in [5, 5.41) is 2.87. The standard InChI is InChI=1S/C26H30N4O4/c1-34-20-10-8-19(9-11-20)27-24(31)17-30-23-16-18(25(32)28-13-4-5-14-28)7-12-21(23)29-15-3-2-6-22(29)26(30)33/h7-12,16,22H,2-6,13-15,17H2,1H3,(H,27,31)/t22-/m1/s1. The van der Waals surface area contributed by atoms with Gasteiger partial charge < -0.3 is 19.9 Å². The monoisotopic (exact) mass is 462 g/mol. The molecule has 2 aromatic carbocycles. The molecule has 1 N–H and O–H groups in total. The van der Waals surface area contributed by atoms with Crippen molar-refractivity contribution in [1.82, 2.24) is 4.90 Å². The molecule has 3 aliphatic heterocycles. The molecule has 0 aliphatic carbocycles. The highest BCUT2D eigenvalue weighted by atomic mass is 16.5. The normalized spacial score (nSPS) is 19.5. The van der Waals surface area contributed by atoms with E-state index in [9.17, 15) is 14.4 Å². The SMILES string of the molecule is COc1ccc(NC(=O)CN2C(=O)[C@H]3CCCCN3c3ccc(C(=O)N4CCCC4)cc32)cc1. The van der Waals surface area contributed by atoms with Gasteiger partial charge in [0.05, 0.1) is 18.5 Å². The van der Waals surface area contributed by atoms with Gasteiger partial charge >= 0.3 is 0 Å². The Bertz CT molecular complexity index is 1090. The van der Waals surface area contributed by atoms with Crippen molar-refractivity contribution < 1.29 is 19.1 Å². The Balaban J connectivity index is 1.43. The number of piperidine rings is 1. The first-order valence-corrected chi connectivity index (χ1v) is 12.0. The van der Waals surface area contributed by atoms with Crippen LogP contribution in [0.4, 0.5) is 17.1 Å². The molecular weight excluding hydrogens is 432 g/mol. The van der Waals surface area contributed by atoms with Gasteiger partial charge in [-0.05, 0) is 74.6 Å². The van der Waals surface area contributed by atoms with Crippen molar-refractivity contribution >= 4 is 34.8 Å². The van der Waals surface area contributed by atoms with Gasteiger partial charge in [0.25, 0.3) is 5.91 Å². The average molecular weight is 463 g/mol. The summed E-state index contributed by atoms with van der Waals surface area (Å²) in [5.41, 5.74) is 2.75. The maximum absolute atomic E-state index is 13.5. The number of benzene rings is 2. The van der Waals surface area contributed by atoms with Crippen molar-refractivity contribution in [2.45, 2.75) is 38.1 Å². The molecule has 0 aromatic heterocycles. The fourth-order valence-electron chi connectivity index (χ4n) is 5.18. The quantitative estimate of drug-likeness (QED) is 0.738. The van der Waals surface area contributed by atoms with Crippen LogP contribution in [0.3, 0.4) is 0 Å². The van der Waals surface area contributed by atoms with Crippen molar-refractivity contribution in [2.24, 2.45) is 0 Å². The molecule has 8 heteroatoms. The van der Waals surface area contributed by atoms with Crippen LogP contribution < -0.4 is 19.9 Å². The highest BCUT2D eigenvalue weighted by Gasteiger charge is 2.40. The van der Waals surface area contributed by atoms with Gasteiger partial charge in [0.2, 0.25) is 11.8 Å². The van der Waals surface area contributed by atoms with Crippen molar-refractivity contribution in [3.05, 3.63) is 48.0 Å². The summed E-state index contributed by atoms with van der Waals surface area (Å²) >= 11 is 0. The molecule has 34 heavy (non-hydrogen) atoms. The van der Waals surface area contributed by atoms with Crippen LogP contribution in [0.1, 0.15) is 42.5 Å². The molecule has 0 spiro atoms. The first-order chi connectivity index (χ1) is 16.5. The van der Waals surface area contributed by atoms with Crippen LogP contribution in [-0.4, -0.2) is 62.0 Å². The molecule has 3 amide bonds. The fourth-order valence-corrected chi connectivity index (χ4v) is 5.18. The molecule has 5 rings (SSSR count). The second-order valence-corrected chi connectivity index (χ2v) is 9.11. The van der Waals surface area contributed by atoms with E-state index in [2.05, 4.69) is 10.2 Å². The first-order valence-electron chi connectivity index (χ1n) is 12.0. The number of likely N-dealkylation sites (tertiary alicyclic amines) is 1. The van der Waals surface area contributed by atoms with Gasteiger partial charge in [-0.3, -0.25) is 19.3 Å². The van der Waals surface area contributed by atoms with Crippen LogP contribution in [0.2, 0.25) is 0 Å². The lowest BCUT2D eigenvalue weighted by Crippen LogP contribution is -2.56. The Hall–Kier alpha value is -3.55. The largest absolute Gasteiger partial charge is 0.497 e. The number of hydrogen-bond donors (Lipinski definition) is 1. The highest BCUT2D eigenvalue weighted by Crippen LogP contribution is 2.40. The van der Waals surface area contributed by atoms with E-state index in [4.69, 9.17) is 4.74 Å². The minimum Gasteiger partial charge on any atom is -0.497 e. The Morgan fingerprint density at radius 1 is 0.971 bits per heavy atom. The third kappa shape index (κ3) is 4.20. The summed E-state index contributed by atoms with van der Waals surface area (Å²) < 4.78 is 5.17. The van der Waals surface area contributed by atoms with Crippen molar-refractivity contribution in [2.75, 3.05) is 48.4 Å². The predicted molar refractivity (Wildman–Crippen MR) is 131 cm³/mol. The molecule has 2 fully saturated rings. The van der Waals surface area contributed by atoms with Gasteiger partial charge in [-0.15, -0.1) is 0 Å². The average Bonchev–Trinajstić information content (AvgIpc) is 3.41. The number of carbonyl (C=O) groups is 3. The summed E-state index contributed by atoms with van der Waals surface area (Å²) in [6, 6.07) is 12.4. The zero-order chi connectivity index (χ0) is 23.7. The van der Waals surface area contributed by atoms with E-state index in [1.807, 2.05) is 17.0 Å². The molecule has 0 unspecified atom stereocenters. The third-order valence-corrected chi connectivity index (χ3v) is 6.95. The van der Waals surface area contributed by atoms with Gasteiger partial charge in [0.1, 0.15) is 18.3 Å². The Morgan fingerprint density at radius 3 is 2.44 bits per heavy atom. The number of nitrogens with zero attached hydrogens (tertiary/aromatic N) is 3. The number of hydrogen-bond acceptors (Lipinski definition) is 5. The van der Waals surface area contributed by atoms with Crippen molar-refractivity contribution in [3.8, 4) is 5.75 Å². The number of nitrogens with one attached hydrogen (secondary N) is 1. The predicted octanol–water partition coefficient (Wildman–Crippen LogP) is 3.28. The molecule has 8 nitrogen and oxygen atoms in total. The van der Waals surface area contributed by atoms with E-state index < -0.39 is 0 Å². The van der Waals surface area contributed by atoms with E-state index in [0.717, 1.165) is 57.4 Å². The molecule has 0 radical (unpaired) electrons. The fraction of sp³-hybridized carbons (Fsp3) is 0.423. The van der Waals surface area contributed by atoms with Gasteiger partial charge in [0, 0.05) is 30.9 Å². The molecule has 0 bridgehead atoms. The molecule has 2 saturated heterocycles. The maximum Gasteiger partial charge on any atom is 0.253 e. The lowest BCUT2D eigenvalue weighted by Gasteiger charge is -2.45. The zero-order valence-electron chi connectivity index (χ0n) is 19.5. The summed E-state index contributed by atoms with van der Waals surface area (Å²) in [7, 11) is 1.59. The topological polar surface area (TPSA) is 82.2 Å². The number of methoxy groups -OCH3 is 1. The molecule has 1 atom stereocenters. The number of rotatable bonds is 5. The second kappa shape index (κ2) is 9.37. The van der Waals surface area contributed by atoms with Crippen LogP contribution in [0.25, 0.3) is 0 Å². The molecule has 0 saturated carbocycles. The van der Waals surface area contributed by atoms with Gasteiger partial charge in [0.15, 0.2) is 0 Å². The minimum absolute atomic E-state index is 0.0175. The van der Waals surface area contributed by atoms with Crippen LogP contribution in [0, 0.1) is 0 Å². The Morgan fingerprint density at radius 2 is 1.71 bits per heavy atom. The summed E-state index contributed by atoms with van der Waals surface area (Å²) in [5.74, 6) is 0.315. The van der Waals surface area contributed by atoms with Crippen LogP contribution in [0.15, 0.2) is 42.5 Å². The lowest BCUT2D eigenvalue weighted by molar-refractivity contribution is -0.123. The van der Waals surface area contributed by atoms with Crippen molar-refractivity contribution in [1.29, 1.82) is 0 Å². The lowest BCUT2D eigenvalue weighted by atomic mass is 9.95. The summed E-state index contributed by atoms with van der Waals surface area (Å²) in [6.07, 6.45) is 4.81. The number of ether oxygens (including phenoxy) is 1. The number of carbonyl (C=O) groups excluding carboxylic acids is 3. The highest BCUT2D eigenvalue weighted by molar-refractivity contribution is 6.11. The van der Waals surface area contributed by atoms with Crippen molar-refractivity contribution in [3.63, 3.8) is 0 Å².